The van der Waals surface area contributed by atoms with Gasteiger partial charge in [0.25, 0.3) is 5.56 Å². The normalized spacial score (nSPS) is 12.3. The van der Waals surface area contributed by atoms with E-state index in [1.807, 2.05) is 6.92 Å². The monoisotopic (exact) mass is 407 g/mol. The third-order valence-electron chi connectivity index (χ3n) is 4.11. The highest BCUT2D eigenvalue weighted by Crippen LogP contribution is 2.20. The summed E-state index contributed by atoms with van der Waals surface area (Å²) in [7, 11) is 0. The van der Waals surface area contributed by atoms with Gasteiger partial charge in [0.2, 0.25) is 5.91 Å². The van der Waals surface area contributed by atoms with Crippen LogP contribution in [0, 0.1) is 5.92 Å². The van der Waals surface area contributed by atoms with Crippen LogP contribution in [0.2, 0.25) is 5.02 Å². The number of carbonyl (C=O) groups is 1. The van der Waals surface area contributed by atoms with Crippen molar-refractivity contribution in [3.63, 3.8) is 0 Å². The number of benzene rings is 1. The van der Waals surface area contributed by atoms with E-state index >= 15 is 0 Å². The van der Waals surface area contributed by atoms with Crippen molar-refractivity contribution in [1.82, 2.24) is 14.9 Å². The fraction of sp³-hybridized carbons (Fsp3) is 0.450. The summed E-state index contributed by atoms with van der Waals surface area (Å²) in [5.41, 5.74) is 0.383. The molecule has 0 saturated heterocycles. The molecule has 1 amide bonds. The molecule has 0 radical (unpaired) electrons. The number of amides is 1. The van der Waals surface area contributed by atoms with Crippen LogP contribution in [0.1, 0.15) is 33.6 Å². The van der Waals surface area contributed by atoms with Gasteiger partial charge in [0, 0.05) is 17.6 Å². The summed E-state index contributed by atoms with van der Waals surface area (Å²) >= 11 is 7.26. The first-order valence-corrected chi connectivity index (χ1v) is 10.4. The predicted molar refractivity (Wildman–Crippen MR) is 114 cm³/mol. The quantitative estimate of drug-likeness (QED) is 0.383. The smallest absolute Gasteiger partial charge is 0.262 e. The Balaban J connectivity index is 2.14. The summed E-state index contributed by atoms with van der Waals surface area (Å²) in [6, 6.07) is 5.16. The Bertz CT molecular complexity index is 879. The molecule has 7 heteroatoms. The third-order valence-corrected chi connectivity index (χ3v) is 5.32. The van der Waals surface area contributed by atoms with Crippen LogP contribution < -0.4 is 10.9 Å². The molecule has 2 rings (SSSR count). The highest BCUT2D eigenvalue weighted by atomic mass is 35.5. The van der Waals surface area contributed by atoms with E-state index in [9.17, 15) is 9.59 Å². The fourth-order valence-electron chi connectivity index (χ4n) is 2.68. The first-order valence-electron chi connectivity index (χ1n) is 9.05. The molecular weight excluding hydrogens is 382 g/mol. The van der Waals surface area contributed by atoms with Crippen LogP contribution in [0.3, 0.4) is 0 Å². The van der Waals surface area contributed by atoms with E-state index in [-0.39, 0.29) is 23.3 Å². The van der Waals surface area contributed by atoms with Crippen molar-refractivity contribution in [2.24, 2.45) is 5.92 Å². The number of rotatable bonds is 9. The summed E-state index contributed by atoms with van der Waals surface area (Å²) < 4.78 is 1.52. The molecule has 0 spiro atoms. The maximum atomic E-state index is 12.8. The number of fused-ring (bicyclic) bond motifs is 1. The molecule has 0 aliphatic carbocycles. The van der Waals surface area contributed by atoms with E-state index in [0.717, 1.165) is 12.8 Å². The Morgan fingerprint density at radius 1 is 1.37 bits per heavy atom. The van der Waals surface area contributed by atoms with Crippen LogP contribution in [-0.4, -0.2) is 27.3 Å². The summed E-state index contributed by atoms with van der Waals surface area (Å²) in [6.45, 7) is 10.4. The van der Waals surface area contributed by atoms with Gasteiger partial charge in [-0.15, -0.1) is 6.58 Å². The van der Waals surface area contributed by atoms with Gasteiger partial charge < -0.3 is 5.32 Å². The van der Waals surface area contributed by atoms with E-state index in [1.165, 1.54) is 16.3 Å². The van der Waals surface area contributed by atoms with Crippen LogP contribution >= 0.6 is 23.4 Å². The Kier molecular flexibility index (Phi) is 7.92. The largest absolute Gasteiger partial charge is 0.353 e. The fourth-order valence-corrected chi connectivity index (χ4v) is 3.67. The molecule has 1 atom stereocenters. The lowest BCUT2D eigenvalue weighted by molar-refractivity contribution is -0.119. The number of hydrogen-bond donors (Lipinski definition) is 1. The van der Waals surface area contributed by atoms with Gasteiger partial charge in [0.15, 0.2) is 5.16 Å². The number of carbonyl (C=O) groups excluding carboxylic acids is 1. The molecule has 1 aromatic carbocycles. The molecule has 27 heavy (non-hydrogen) atoms. The lowest BCUT2D eigenvalue weighted by Gasteiger charge is -2.15. The van der Waals surface area contributed by atoms with Gasteiger partial charge in [0.05, 0.1) is 16.7 Å². The van der Waals surface area contributed by atoms with Gasteiger partial charge in [0.1, 0.15) is 0 Å². The lowest BCUT2D eigenvalue weighted by Crippen LogP contribution is -2.34. The van der Waals surface area contributed by atoms with Gasteiger partial charge in [-0.1, -0.05) is 43.3 Å². The second kappa shape index (κ2) is 9.95. The molecule has 2 aromatic rings. The van der Waals surface area contributed by atoms with Crippen molar-refractivity contribution < 1.29 is 4.79 Å². The third kappa shape index (κ3) is 6.11. The van der Waals surface area contributed by atoms with Crippen molar-refractivity contribution in [2.75, 3.05) is 5.75 Å². The molecule has 1 heterocycles. The van der Waals surface area contributed by atoms with Gasteiger partial charge in [-0.25, -0.2) is 4.98 Å². The molecule has 0 aliphatic heterocycles. The summed E-state index contributed by atoms with van der Waals surface area (Å²) in [5.74, 6) is 0.753. The SMILES string of the molecule is C=CCn1c(SCC(=O)N[C@@H](C)CCC(C)C)nc2ccc(Cl)cc2c1=O. The summed E-state index contributed by atoms with van der Waals surface area (Å²) in [6.07, 6.45) is 3.66. The molecule has 0 unspecified atom stereocenters. The number of allylic oxidation sites excluding steroid dienone is 1. The second-order valence-electron chi connectivity index (χ2n) is 6.99. The van der Waals surface area contributed by atoms with E-state index in [4.69, 9.17) is 11.6 Å². The number of aromatic nitrogens is 2. The van der Waals surface area contributed by atoms with Crippen LogP contribution in [-0.2, 0) is 11.3 Å². The second-order valence-corrected chi connectivity index (χ2v) is 8.37. The minimum absolute atomic E-state index is 0.0631. The minimum atomic E-state index is -0.185. The van der Waals surface area contributed by atoms with Crippen LogP contribution in [0.5, 0.6) is 0 Å². The molecule has 1 N–H and O–H groups in total. The maximum Gasteiger partial charge on any atom is 0.262 e. The number of nitrogens with zero attached hydrogens (tertiary/aromatic N) is 2. The van der Waals surface area contributed by atoms with E-state index < -0.39 is 0 Å². The Labute approximate surface area is 169 Å². The predicted octanol–water partition coefficient (Wildman–Crippen LogP) is 4.27. The highest BCUT2D eigenvalue weighted by molar-refractivity contribution is 7.99. The van der Waals surface area contributed by atoms with Crippen molar-refractivity contribution in [1.29, 1.82) is 0 Å². The van der Waals surface area contributed by atoms with Crippen molar-refractivity contribution in [3.05, 3.63) is 46.2 Å². The Morgan fingerprint density at radius 3 is 2.78 bits per heavy atom. The standard InChI is InChI=1S/C20H26ClN3O2S/c1-5-10-24-19(26)16-11-15(21)8-9-17(16)23-20(24)27-12-18(25)22-14(4)7-6-13(2)3/h5,8-9,11,13-14H,1,6-7,10,12H2,2-4H3,(H,22,25)/t14-/m0/s1. The van der Waals surface area contributed by atoms with E-state index in [1.54, 1.807) is 24.3 Å². The maximum absolute atomic E-state index is 12.8. The zero-order valence-electron chi connectivity index (χ0n) is 16.0. The van der Waals surface area contributed by atoms with Crippen LogP contribution in [0.25, 0.3) is 10.9 Å². The first kappa shape index (κ1) is 21.5. The zero-order valence-corrected chi connectivity index (χ0v) is 17.6. The van der Waals surface area contributed by atoms with Gasteiger partial charge in [-0.05, 0) is 43.9 Å². The Morgan fingerprint density at radius 2 is 2.11 bits per heavy atom. The summed E-state index contributed by atoms with van der Waals surface area (Å²) in [4.78, 5) is 29.6. The number of thioether (sulfide) groups is 1. The zero-order chi connectivity index (χ0) is 20.0. The van der Waals surface area contributed by atoms with Crippen molar-refractivity contribution in [3.8, 4) is 0 Å². The van der Waals surface area contributed by atoms with E-state index in [2.05, 4.69) is 30.7 Å². The van der Waals surface area contributed by atoms with Gasteiger partial charge in [-0.3, -0.25) is 14.2 Å². The first-order chi connectivity index (χ1) is 12.8. The number of nitrogens with one attached hydrogen (secondary N) is 1. The topological polar surface area (TPSA) is 64.0 Å². The molecule has 0 bridgehead atoms. The molecule has 0 fully saturated rings. The molecule has 0 aliphatic rings. The minimum Gasteiger partial charge on any atom is -0.353 e. The van der Waals surface area contributed by atoms with Crippen molar-refractivity contribution in [2.45, 2.75) is 51.4 Å². The lowest BCUT2D eigenvalue weighted by atomic mass is 10.0. The molecule has 5 nitrogen and oxygen atoms in total. The van der Waals surface area contributed by atoms with E-state index in [0.29, 0.717) is 33.5 Å². The Hall–Kier alpha value is -1.79. The van der Waals surface area contributed by atoms with Crippen LogP contribution in [0.4, 0.5) is 0 Å². The number of halogens is 1. The van der Waals surface area contributed by atoms with Crippen LogP contribution in [0.15, 0.2) is 40.8 Å². The molecule has 0 saturated carbocycles. The summed E-state index contributed by atoms with van der Waals surface area (Å²) in [5, 5.41) is 4.45. The average molecular weight is 408 g/mol. The molecule has 1 aromatic heterocycles. The average Bonchev–Trinajstić information content (AvgIpc) is 2.61. The molecule has 146 valence electrons. The molecular formula is C20H26ClN3O2S. The van der Waals surface area contributed by atoms with Crippen molar-refractivity contribution >= 4 is 40.2 Å². The number of hydrogen-bond acceptors (Lipinski definition) is 4. The van der Waals surface area contributed by atoms with Gasteiger partial charge in [-0.2, -0.15) is 0 Å². The highest BCUT2D eigenvalue weighted by Gasteiger charge is 2.14. The van der Waals surface area contributed by atoms with Gasteiger partial charge >= 0.3 is 0 Å².